The van der Waals surface area contributed by atoms with Gasteiger partial charge in [-0.2, -0.15) is 13.2 Å². The molecule has 1 atom stereocenters. The molecule has 2 heterocycles. The summed E-state index contributed by atoms with van der Waals surface area (Å²) in [5.41, 5.74) is 0.434. The number of carbonyl (C=O) groups is 1. The highest BCUT2D eigenvalue weighted by Gasteiger charge is 2.30. The van der Waals surface area contributed by atoms with Crippen LogP contribution in [0.25, 0.3) is 16.2 Å². The van der Waals surface area contributed by atoms with Crippen LogP contribution in [0.3, 0.4) is 0 Å². The number of aliphatic hydroxyl groups is 1. The topological polar surface area (TPSA) is 59.4 Å². The predicted molar refractivity (Wildman–Crippen MR) is 120 cm³/mol. The van der Waals surface area contributed by atoms with Crippen LogP contribution in [-0.2, 0) is 22.3 Å². The number of aromatic nitrogens is 1. The van der Waals surface area contributed by atoms with Crippen LogP contribution in [0.2, 0.25) is 0 Å². The van der Waals surface area contributed by atoms with Gasteiger partial charge in [-0.3, -0.25) is 4.98 Å². The smallest absolute Gasteiger partial charge is 0.416 e. The number of carbonyl (C=O) groups excluding carboxylic acids is 1. The van der Waals surface area contributed by atoms with Crippen LogP contribution in [0.4, 0.5) is 13.2 Å². The molecule has 1 N–H and O–H groups in total. The summed E-state index contributed by atoms with van der Waals surface area (Å²) in [6.07, 6.45) is -1.30. The average molecular weight is 469 g/mol. The van der Waals surface area contributed by atoms with Crippen LogP contribution >= 0.6 is 11.3 Å². The molecule has 8 heteroatoms. The Morgan fingerprint density at radius 3 is 2.70 bits per heavy atom. The number of fused-ring (bicyclic) bond motifs is 1. The summed E-state index contributed by atoms with van der Waals surface area (Å²) in [4.78, 5) is 17.0. The van der Waals surface area contributed by atoms with Crippen molar-refractivity contribution in [1.82, 2.24) is 4.98 Å². The van der Waals surface area contributed by atoms with E-state index < -0.39 is 23.8 Å². The molecule has 1 unspecified atom stereocenters. The number of rotatable bonds is 6. The van der Waals surface area contributed by atoms with E-state index in [4.69, 9.17) is 4.74 Å². The van der Waals surface area contributed by atoms with E-state index in [1.54, 1.807) is 18.2 Å². The van der Waals surface area contributed by atoms with Gasteiger partial charge in [0.05, 0.1) is 11.1 Å². The van der Waals surface area contributed by atoms with Gasteiger partial charge in [0.1, 0.15) is 12.7 Å². The summed E-state index contributed by atoms with van der Waals surface area (Å²) >= 11 is 1.49. The zero-order valence-corrected chi connectivity index (χ0v) is 17.9. The fraction of sp³-hybridized carbons (Fsp3) is 0.120. The summed E-state index contributed by atoms with van der Waals surface area (Å²) in [6, 6.07) is 15.4. The van der Waals surface area contributed by atoms with E-state index >= 15 is 0 Å². The van der Waals surface area contributed by atoms with Gasteiger partial charge in [-0.05, 0) is 52.2 Å². The SMILES string of the molecule is O=C(OCc1cccc(C(F)(F)F)c1)C(=Cc1csc2ccccc12)C(O)c1cccnc1. The van der Waals surface area contributed by atoms with Crippen molar-refractivity contribution >= 4 is 33.5 Å². The molecule has 4 rings (SSSR count). The van der Waals surface area contributed by atoms with Gasteiger partial charge in [0.15, 0.2) is 0 Å². The standard InChI is InChI=1S/C25H18F3NO3S/c26-25(27,28)19-7-3-5-16(11-19)14-32-24(31)21(23(30)17-6-4-10-29-13-17)12-18-15-33-22-9-2-1-8-20(18)22/h1-13,15,23,30H,14H2. The molecular formula is C25H18F3NO3S. The summed E-state index contributed by atoms with van der Waals surface area (Å²) in [5, 5.41) is 13.7. The molecule has 2 aromatic heterocycles. The molecule has 0 saturated carbocycles. The largest absolute Gasteiger partial charge is 0.457 e. The first kappa shape index (κ1) is 22.7. The molecule has 0 spiro atoms. The number of pyridine rings is 1. The van der Waals surface area contributed by atoms with Crippen molar-refractivity contribution in [2.45, 2.75) is 18.9 Å². The highest BCUT2D eigenvalue weighted by atomic mass is 32.1. The Labute approximate surface area is 191 Å². The van der Waals surface area contributed by atoms with Gasteiger partial charge in [-0.1, -0.05) is 36.4 Å². The van der Waals surface area contributed by atoms with Gasteiger partial charge >= 0.3 is 12.1 Å². The molecular weight excluding hydrogens is 451 g/mol. The van der Waals surface area contributed by atoms with Crippen LogP contribution in [0.1, 0.15) is 28.4 Å². The summed E-state index contributed by atoms with van der Waals surface area (Å²) in [5.74, 6) is -0.834. The maximum atomic E-state index is 13.0. The first-order valence-electron chi connectivity index (χ1n) is 9.92. The second-order valence-electron chi connectivity index (χ2n) is 7.25. The fourth-order valence-corrected chi connectivity index (χ4v) is 4.23. The fourth-order valence-electron chi connectivity index (χ4n) is 3.31. The lowest BCUT2D eigenvalue weighted by molar-refractivity contribution is -0.141. The highest BCUT2D eigenvalue weighted by molar-refractivity contribution is 7.17. The molecule has 4 aromatic rings. The number of halogens is 3. The van der Waals surface area contributed by atoms with Crippen LogP contribution in [0.15, 0.2) is 84.0 Å². The maximum Gasteiger partial charge on any atom is 0.416 e. The number of hydrogen-bond donors (Lipinski definition) is 1. The first-order chi connectivity index (χ1) is 15.8. The molecule has 2 aromatic carbocycles. The van der Waals surface area contributed by atoms with Crippen molar-refractivity contribution in [2.75, 3.05) is 0 Å². The monoisotopic (exact) mass is 469 g/mol. The number of aliphatic hydroxyl groups excluding tert-OH is 1. The van der Waals surface area contributed by atoms with Crippen molar-refractivity contribution in [1.29, 1.82) is 0 Å². The van der Waals surface area contributed by atoms with Crippen molar-refractivity contribution in [3.05, 3.63) is 106 Å². The Bertz CT molecular complexity index is 1300. The van der Waals surface area contributed by atoms with Gasteiger partial charge in [0, 0.05) is 22.7 Å². The number of ether oxygens (including phenoxy) is 1. The summed E-state index contributed by atoms with van der Waals surface area (Å²) in [7, 11) is 0. The number of alkyl halides is 3. The minimum absolute atomic E-state index is 0.0430. The lowest BCUT2D eigenvalue weighted by atomic mass is 10.0. The Kier molecular flexibility index (Phi) is 6.57. The van der Waals surface area contributed by atoms with Crippen LogP contribution in [-0.4, -0.2) is 16.1 Å². The summed E-state index contributed by atoms with van der Waals surface area (Å²) in [6.45, 7) is -0.371. The van der Waals surface area contributed by atoms with E-state index in [1.165, 1.54) is 35.9 Å². The van der Waals surface area contributed by atoms with Gasteiger partial charge in [0.2, 0.25) is 0 Å². The number of nitrogens with zero attached hydrogens (tertiary/aromatic N) is 1. The molecule has 0 amide bonds. The first-order valence-corrected chi connectivity index (χ1v) is 10.8. The zero-order chi connectivity index (χ0) is 23.4. The van der Waals surface area contributed by atoms with E-state index in [-0.39, 0.29) is 17.7 Å². The van der Waals surface area contributed by atoms with Crippen LogP contribution < -0.4 is 0 Å². The van der Waals surface area contributed by atoms with E-state index in [2.05, 4.69) is 4.98 Å². The van der Waals surface area contributed by atoms with Gasteiger partial charge in [-0.15, -0.1) is 11.3 Å². The van der Waals surface area contributed by atoms with Gasteiger partial charge in [-0.25, -0.2) is 4.79 Å². The van der Waals surface area contributed by atoms with E-state index in [0.29, 0.717) is 5.56 Å². The predicted octanol–water partition coefficient (Wildman–Crippen LogP) is 6.18. The molecule has 0 saturated heterocycles. The maximum absolute atomic E-state index is 13.0. The van der Waals surface area contributed by atoms with E-state index in [9.17, 15) is 23.1 Å². The third-order valence-electron chi connectivity index (χ3n) is 4.98. The van der Waals surface area contributed by atoms with E-state index in [0.717, 1.165) is 27.8 Å². The number of benzene rings is 2. The van der Waals surface area contributed by atoms with Gasteiger partial charge in [0.25, 0.3) is 0 Å². The molecule has 0 bridgehead atoms. The average Bonchev–Trinajstić information content (AvgIpc) is 3.23. The lowest BCUT2D eigenvalue weighted by Crippen LogP contribution is -2.15. The minimum Gasteiger partial charge on any atom is -0.457 e. The Hall–Kier alpha value is -3.49. The normalized spacial score (nSPS) is 13.2. The minimum atomic E-state index is -4.50. The molecule has 0 radical (unpaired) electrons. The lowest BCUT2D eigenvalue weighted by Gasteiger charge is -2.15. The molecule has 0 aliphatic rings. The third kappa shape index (κ3) is 5.30. The molecule has 4 nitrogen and oxygen atoms in total. The Morgan fingerprint density at radius 2 is 1.94 bits per heavy atom. The van der Waals surface area contributed by atoms with Gasteiger partial charge < -0.3 is 9.84 Å². The zero-order valence-electron chi connectivity index (χ0n) is 17.1. The highest BCUT2D eigenvalue weighted by Crippen LogP contribution is 2.32. The summed E-state index contributed by atoms with van der Waals surface area (Å²) < 4.78 is 45.2. The molecule has 0 aliphatic carbocycles. The van der Waals surface area contributed by atoms with Crippen molar-refractivity contribution in [3.63, 3.8) is 0 Å². The number of esters is 1. The van der Waals surface area contributed by atoms with Crippen molar-refractivity contribution < 1.29 is 27.8 Å². The number of thiophene rings is 1. The Morgan fingerprint density at radius 1 is 1.12 bits per heavy atom. The molecule has 0 aliphatic heterocycles. The second-order valence-corrected chi connectivity index (χ2v) is 8.16. The van der Waals surface area contributed by atoms with Crippen LogP contribution in [0, 0.1) is 0 Å². The van der Waals surface area contributed by atoms with Crippen molar-refractivity contribution in [3.8, 4) is 0 Å². The molecule has 33 heavy (non-hydrogen) atoms. The van der Waals surface area contributed by atoms with E-state index in [1.807, 2.05) is 29.6 Å². The number of hydrogen-bond acceptors (Lipinski definition) is 5. The third-order valence-corrected chi connectivity index (χ3v) is 5.96. The van der Waals surface area contributed by atoms with Crippen molar-refractivity contribution in [2.24, 2.45) is 0 Å². The molecule has 168 valence electrons. The quantitative estimate of drug-likeness (QED) is 0.271. The Balaban J connectivity index is 1.64. The van der Waals surface area contributed by atoms with Crippen LogP contribution in [0.5, 0.6) is 0 Å². The molecule has 0 fully saturated rings. The second kappa shape index (κ2) is 9.56.